The first kappa shape index (κ1) is 20.8. The molecule has 0 unspecified atom stereocenters. The van der Waals surface area contributed by atoms with E-state index in [1.165, 1.54) is 4.31 Å². The van der Waals surface area contributed by atoms with Crippen LogP contribution in [0.1, 0.15) is 29.5 Å². The minimum Gasteiger partial charge on any atom is -0.326 e. The fourth-order valence-corrected chi connectivity index (χ4v) is 5.21. The number of piperidine rings is 1. The molecule has 3 rings (SSSR count). The Labute approximate surface area is 171 Å². The van der Waals surface area contributed by atoms with Crippen molar-refractivity contribution >= 4 is 33.2 Å². The van der Waals surface area contributed by atoms with Gasteiger partial charge in [-0.15, -0.1) is 0 Å². The summed E-state index contributed by atoms with van der Waals surface area (Å²) >= 11 is 5.96. The number of aryl methyl sites for hydroxylation is 2. The molecular formula is C21H25ClN2O3S. The van der Waals surface area contributed by atoms with Crippen molar-refractivity contribution in [1.29, 1.82) is 0 Å². The Morgan fingerprint density at radius 3 is 2.68 bits per heavy atom. The van der Waals surface area contributed by atoms with E-state index in [0.717, 1.165) is 16.8 Å². The molecule has 1 aliphatic rings. The summed E-state index contributed by atoms with van der Waals surface area (Å²) in [4.78, 5) is 12.7. The second kappa shape index (κ2) is 8.64. The zero-order valence-corrected chi connectivity index (χ0v) is 17.7. The molecule has 2 aromatic carbocycles. The Bertz CT molecular complexity index is 975. The van der Waals surface area contributed by atoms with Crippen LogP contribution in [0.4, 0.5) is 5.69 Å². The highest BCUT2D eigenvalue weighted by atomic mass is 35.5. The second-order valence-corrected chi connectivity index (χ2v) is 9.78. The van der Waals surface area contributed by atoms with Gasteiger partial charge in [0.2, 0.25) is 15.9 Å². The molecule has 1 atom stereocenters. The van der Waals surface area contributed by atoms with E-state index >= 15 is 0 Å². The Morgan fingerprint density at radius 1 is 1.18 bits per heavy atom. The van der Waals surface area contributed by atoms with E-state index in [4.69, 9.17) is 11.6 Å². The quantitative estimate of drug-likeness (QED) is 0.790. The van der Waals surface area contributed by atoms with Crippen LogP contribution in [0.3, 0.4) is 0 Å². The molecule has 1 saturated heterocycles. The summed E-state index contributed by atoms with van der Waals surface area (Å²) in [6.07, 6.45) is 1.35. The van der Waals surface area contributed by atoms with E-state index < -0.39 is 10.0 Å². The Balaban J connectivity index is 1.67. The molecule has 1 amide bonds. The number of halogens is 1. The van der Waals surface area contributed by atoms with Gasteiger partial charge in [0, 0.05) is 23.8 Å². The van der Waals surface area contributed by atoms with Gasteiger partial charge in [-0.3, -0.25) is 4.79 Å². The standard InChI is InChI=1S/C21H25ClN2O3S/c1-15-8-9-20(11-16(15)2)23-21(25)18-6-4-10-24(13-18)28(26,27)14-17-5-3-7-19(22)12-17/h3,5,7-9,11-12,18H,4,6,10,13-14H2,1-2H3,(H,23,25)/t18-/m0/s1. The lowest BCUT2D eigenvalue weighted by Crippen LogP contribution is -2.44. The van der Waals surface area contributed by atoms with Crippen molar-refractivity contribution in [3.8, 4) is 0 Å². The zero-order chi connectivity index (χ0) is 20.3. The fourth-order valence-electron chi connectivity index (χ4n) is 3.40. The molecule has 2 aromatic rings. The SMILES string of the molecule is Cc1ccc(NC(=O)[C@H]2CCCN(S(=O)(=O)Cc3cccc(Cl)c3)C2)cc1C. The summed E-state index contributed by atoms with van der Waals surface area (Å²) < 4.78 is 27.1. The third kappa shape index (κ3) is 5.13. The Kier molecular flexibility index (Phi) is 6.43. The first-order valence-electron chi connectivity index (χ1n) is 9.35. The van der Waals surface area contributed by atoms with Gasteiger partial charge in [-0.1, -0.05) is 29.8 Å². The van der Waals surface area contributed by atoms with Crippen LogP contribution in [0.5, 0.6) is 0 Å². The molecule has 0 aliphatic carbocycles. The van der Waals surface area contributed by atoms with Crippen molar-refractivity contribution in [1.82, 2.24) is 4.31 Å². The van der Waals surface area contributed by atoms with Crippen molar-refractivity contribution in [3.63, 3.8) is 0 Å². The number of amides is 1. The zero-order valence-electron chi connectivity index (χ0n) is 16.1. The van der Waals surface area contributed by atoms with Crippen molar-refractivity contribution in [2.75, 3.05) is 18.4 Å². The molecule has 0 aromatic heterocycles. The number of rotatable bonds is 5. The lowest BCUT2D eigenvalue weighted by atomic mass is 9.98. The first-order valence-corrected chi connectivity index (χ1v) is 11.3. The van der Waals surface area contributed by atoms with Crippen LogP contribution in [-0.2, 0) is 20.6 Å². The molecule has 0 spiro atoms. The summed E-state index contributed by atoms with van der Waals surface area (Å²) in [5, 5.41) is 3.44. The molecule has 5 nitrogen and oxygen atoms in total. The van der Waals surface area contributed by atoms with Crippen LogP contribution >= 0.6 is 11.6 Å². The lowest BCUT2D eigenvalue weighted by Gasteiger charge is -2.31. The number of carbonyl (C=O) groups is 1. The van der Waals surface area contributed by atoms with Gasteiger partial charge in [0.15, 0.2) is 0 Å². The van der Waals surface area contributed by atoms with Gasteiger partial charge in [0.1, 0.15) is 0 Å². The molecule has 1 heterocycles. The highest BCUT2D eigenvalue weighted by Gasteiger charge is 2.32. The number of benzene rings is 2. The number of anilines is 1. The molecule has 1 N–H and O–H groups in total. The van der Waals surface area contributed by atoms with Gasteiger partial charge >= 0.3 is 0 Å². The van der Waals surface area contributed by atoms with Crippen molar-refractivity contribution in [3.05, 3.63) is 64.2 Å². The average Bonchev–Trinajstić information content (AvgIpc) is 2.64. The number of nitrogens with one attached hydrogen (secondary N) is 1. The molecule has 7 heteroatoms. The maximum absolute atomic E-state index is 12.8. The summed E-state index contributed by atoms with van der Waals surface area (Å²) in [5.41, 5.74) is 3.65. The molecule has 28 heavy (non-hydrogen) atoms. The molecule has 0 radical (unpaired) electrons. The molecule has 0 bridgehead atoms. The Hall–Kier alpha value is -1.89. The highest BCUT2D eigenvalue weighted by Crippen LogP contribution is 2.24. The van der Waals surface area contributed by atoms with Crippen LogP contribution in [0.15, 0.2) is 42.5 Å². The molecule has 1 aliphatic heterocycles. The van der Waals surface area contributed by atoms with E-state index in [0.29, 0.717) is 30.0 Å². The van der Waals surface area contributed by atoms with Gasteiger partial charge in [-0.2, -0.15) is 0 Å². The molecule has 150 valence electrons. The monoisotopic (exact) mass is 420 g/mol. The summed E-state index contributed by atoms with van der Waals surface area (Å²) in [7, 11) is -3.51. The van der Waals surface area contributed by atoms with Gasteiger partial charge in [-0.25, -0.2) is 12.7 Å². The largest absolute Gasteiger partial charge is 0.326 e. The number of sulfonamides is 1. The normalized spacial score (nSPS) is 18.0. The number of carbonyl (C=O) groups excluding carboxylic acids is 1. The lowest BCUT2D eigenvalue weighted by molar-refractivity contribution is -0.120. The fraction of sp³-hybridized carbons (Fsp3) is 0.381. The van der Waals surface area contributed by atoms with Crippen molar-refractivity contribution < 1.29 is 13.2 Å². The maximum atomic E-state index is 12.8. The van der Waals surface area contributed by atoms with Crippen LogP contribution in [0.2, 0.25) is 5.02 Å². The number of hydrogen-bond donors (Lipinski definition) is 1. The number of nitrogens with zero attached hydrogens (tertiary/aromatic N) is 1. The summed E-state index contributed by atoms with van der Waals surface area (Å²) in [6, 6.07) is 12.6. The Morgan fingerprint density at radius 2 is 1.96 bits per heavy atom. The predicted octanol–water partition coefficient (Wildman–Crippen LogP) is 4.14. The van der Waals surface area contributed by atoms with Gasteiger partial charge in [-0.05, 0) is 67.6 Å². The summed E-state index contributed by atoms with van der Waals surface area (Å²) in [5.74, 6) is -0.602. The van der Waals surface area contributed by atoms with E-state index in [9.17, 15) is 13.2 Å². The topological polar surface area (TPSA) is 66.5 Å². The molecular weight excluding hydrogens is 396 g/mol. The van der Waals surface area contributed by atoms with Gasteiger partial charge < -0.3 is 5.32 Å². The van der Waals surface area contributed by atoms with E-state index in [1.54, 1.807) is 24.3 Å². The van der Waals surface area contributed by atoms with E-state index in [-0.39, 0.29) is 24.1 Å². The van der Waals surface area contributed by atoms with Crippen LogP contribution < -0.4 is 5.32 Å². The van der Waals surface area contributed by atoms with Gasteiger partial charge in [0.25, 0.3) is 0 Å². The summed E-state index contributed by atoms with van der Waals surface area (Å²) in [6.45, 7) is 4.66. The van der Waals surface area contributed by atoms with Gasteiger partial charge in [0.05, 0.1) is 11.7 Å². The van der Waals surface area contributed by atoms with E-state index in [2.05, 4.69) is 5.32 Å². The maximum Gasteiger partial charge on any atom is 0.228 e. The van der Waals surface area contributed by atoms with Crippen LogP contribution in [0, 0.1) is 19.8 Å². The van der Waals surface area contributed by atoms with Crippen LogP contribution in [0.25, 0.3) is 0 Å². The van der Waals surface area contributed by atoms with Crippen molar-refractivity contribution in [2.45, 2.75) is 32.4 Å². The molecule has 0 saturated carbocycles. The van der Waals surface area contributed by atoms with E-state index in [1.807, 2.05) is 32.0 Å². The minimum absolute atomic E-state index is 0.112. The van der Waals surface area contributed by atoms with Crippen molar-refractivity contribution in [2.24, 2.45) is 5.92 Å². The third-order valence-corrected chi connectivity index (χ3v) is 7.21. The second-order valence-electron chi connectivity index (χ2n) is 7.37. The average molecular weight is 421 g/mol. The highest BCUT2D eigenvalue weighted by molar-refractivity contribution is 7.88. The number of hydrogen-bond acceptors (Lipinski definition) is 3. The van der Waals surface area contributed by atoms with Crippen LogP contribution in [-0.4, -0.2) is 31.7 Å². The third-order valence-electron chi connectivity index (χ3n) is 5.16. The predicted molar refractivity (Wildman–Crippen MR) is 113 cm³/mol. The smallest absolute Gasteiger partial charge is 0.228 e. The molecule has 1 fully saturated rings. The minimum atomic E-state index is -3.51. The first-order chi connectivity index (χ1) is 13.2.